The summed E-state index contributed by atoms with van der Waals surface area (Å²) in [6.07, 6.45) is 1.81. The number of carbonyl (C=O) groups is 1. The number of hydrogen-bond acceptors (Lipinski definition) is 5. The molecule has 1 aromatic rings. The standard InChI is InChI=1S/C16H19NO3S2/c1-10(2)9-17-15(18)14(22-16(17)21)8-11-7-12(19-3)5-6-13(11)20-4/h5-8,10H,9H2,1-4H3. The molecule has 0 unspecified atom stereocenters. The van der Waals surface area contributed by atoms with Crippen LogP contribution < -0.4 is 9.47 Å². The lowest BCUT2D eigenvalue weighted by Gasteiger charge is -2.16. The van der Waals surface area contributed by atoms with E-state index < -0.39 is 0 Å². The number of benzene rings is 1. The van der Waals surface area contributed by atoms with E-state index in [2.05, 4.69) is 13.8 Å². The molecule has 0 radical (unpaired) electrons. The summed E-state index contributed by atoms with van der Waals surface area (Å²) >= 11 is 6.63. The Bertz CT molecular complexity index is 626. The smallest absolute Gasteiger partial charge is 0.266 e. The molecule has 0 spiro atoms. The molecule has 22 heavy (non-hydrogen) atoms. The van der Waals surface area contributed by atoms with E-state index in [0.717, 1.165) is 5.56 Å². The molecule has 1 aliphatic heterocycles. The SMILES string of the molecule is COc1ccc(OC)c(C=C2SC(=S)N(CC(C)C)C2=O)c1. The normalized spacial score (nSPS) is 16.8. The zero-order valence-corrected chi connectivity index (χ0v) is 14.7. The summed E-state index contributed by atoms with van der Waals surface area (Å²) in [5.74, 6) is 1.72. The van der Waals surface area contributed by atoms with E-state index in [1.807, 2.05) is 18.2 Å². The molecule has 0 aromatic heterocycles. The maximum atomic E-state index is 12.5. The lowest BCUT2D eigenvalue weighted by atomic mass is 10.1. The molecule has 0 saturated carbocycles. The average Bonchev–Trinajstić information content (AvgIpc) is 2.74. The number of rotatable bonds is 5. The van der Waals surface area contributed by atoms with Gasteiger partial charge in [0.25, 0.3) is 5.91 Å². The Hall–Kier alpha value is -1.53. The van der Waals surface area contributed by atoms with Crippen LogP contribution in [0.3, 0.4) is 0 Å². The van der Waals surface area contributed by atoms with Crippen LogP contribution >= 0.6 is 24.0 Å². The number of thioether (sulfide) groups is 1. The fraction of sp³-hybridized carbons (Fsp3) is 0.375. The molecule has 1 fully saturated rings. The van der Waals surface area contributed by atoms with Crippen LogP contribution in [-0.2, 0) is 4.79 Å². The van der Waals surface area contributed by atoms with Crippen molar-refractivity contribution >= 4 is 40.3 Å². The fourth-order valence-corrected chi connectivity index (χ4v) is 3.38. The van der Waals surface area contributed by atoms with Gasteiger partial charge in [-0.25, -0.2) is 0 Å². The molecule has 118 valence electrons. The Balaban J connectivity index is 2.34. The lowest BCUT2D eigenvalue weighted by molar-refractivity contribution is -0.122. The third kappa shape index (κ3) is 3.62. The van der Waals surface area contributed by atoms with Crippen LogP contribution in [0.2, 0.25) is 0 Å². The predicted molar refractivity (Wildman–Crippen MR) is 94.3 cm³/mol. The second-order valence-electron chi connectivity index (χ2n) is 5.29. The highest BCUT2D eigenvalue weighted by Crippen LogP contribution is 2.35. The summed E-state index contributed by atoms with van der Waals surface area (Å²) in [7, 11) is 3.21. The van der Waals surface area contributed by atoms with Gasteiger partial charge >= 0.3 is 0 Å². The number of hydrogen-bond donors (Lipinski definition) is 0. The summed E-state index contributed by atoms with van der Waals surface area (Å²) in [4.78, 5) is 14.8. The largest absolute Gasteiger partial charge is 0.497 e. The zero-order valence-electron chi connectivity index (χ0n) is 13.1. The van der Waals surface area contributed by atoms with Crippen molar-refractivity contribution in [2.24, 2.45) is 5.92 Å². The van der Waals surface area contributed by atoms with Crippen molar-refractivity contribution in [3.05, 3.63) is 28.7 Å². The van der Waals surface area contributed by atoms with Gasteiger partial charge in [-0.2, -0.15) is 0 Å². The van der Waals surface area contributed by atoms with Crippen molar-refractivity contribution in [2.45, 2.75) is 13.8 Å². The highest BCUT2D eigenvalue weighted by molar-refractivity contribution is 8.26. The van der Waals surface area contributed by atoms with Crippen molar-refractivity contribution in [3.8, 4) is 11.5 Å². The van der Waals surface area contributed by atoms with Crippen molar-refractivity contribution < 1.29 is 14.3 Å². The molecular formula is C16H19NO3S2. The van der Waals surface area contributed by atoms with Crippen molar-refractivity contribution in [1.29, 1.82) is 0 Å². The maximum absolute atomic E-state index is 12.5. The summed E-state index contributed by atoms with van der Waals surface area (Å²) in [5.41, 5.74) is 0.798. The van der Waals surface area contributed by atoms with E-state index in [0.29, 0.717) is 33.2 Å². The van der Waals surface area contributed by atoms with Crippen LogP contribution in [0, 0.1) is 5.92 Å². The number of ether oxygens (including phenoxy) is 2. The number of carbonyl (C=O) groups excluding carboxylic acids is 1. The lowest BCUT2D eigenvalue weighted by Crippen LogP contribution is -2.31. The number of thiocarbonyl (C=S) groups is 1. The van der Waals surface area contributed by atoms with Gasteiger partial charge in [-0.3, -0.25) is 9.69 Å². The Kier molecular flexibility index (Phi) is 5.47. The Morgan fingerprint density at radius 3 is 2.64 bits per heavy atom. The van der Waals surface area contributed by atoms with E-state index in [1.165, 1.54) is 11.8 Å². The molecule has 1 saturated heterocycles. The number of nitrogens with zero attached hydrogens (tertiary/aromatic N) is 1. The summed E-state index contributed by atoms with van der Waals surface area (Å²) in [6.45, 7) is 4.76. The van der Waals surface area contributed by atoms with Crippen molar-refractivity contribution in [3.63, 3.8) is 0 Å². The van der Waals surface area contributed by atoms with Gasteiger partial charge < -0.3 is 9.47 Å². The molecule has 1 aromatic carbocycles. The van der Waals surface area contributed by atoms with Gasteiger partial charge in [0.15, 0.2) is 0 Å². The molecule has 0 atom stereocenters. The van der Waals surface area contributed by atoms with Gasteiger partial charge in [0.2, 0.25) is 0 Å². The van der Waals surface area contributed by atoms with Crippen LogP contribution in [0.4, 0.5) is 0 Å². The van der Waals surface area contributed by atoms with E-state index >= 15 is 0 Å². The van der Waals surface area contributed by atoms with Crippen molar-refractivity contribution in [2.75, 3.05) is 20.8 Å². The quantitative estimate of drug-likeness (QED) is 0.607. The first-order valence-corrected chi connectivity index (χ1v) is 8.16. The second kappa shape index (κ2) is 7.15. The summed E-state index contributed by atoms with van der Waals surface area (Å²) < 4.78 is 11.2. The van der Waals surface area contributed by atoms with Gasteiger partial charge in [-0.15, -0.1) is 0 Å². The Labute approximate surface area is 140 Å². The van der Waals surface area contributed by atoms with Gasteiger partial charge in [0.05, 0.1) is 19.1 Å². The first-order valence-electron chi connectivity index (χ1n) is 6.93. The van der Waals surface area contributed by atoms with E-state index in [4.69, 9.17) is 21.7 Å². The van der Waals surface area contributed by atoms with Crippen molar-refractivity contribution in [1.82, 2.24) is 4.90 Å². The van der Waals surface area contributed by atoms with E-state index in [9.17, 15) is 4.79 Å². The molecule has 0 aliphatic carbocycles. The van der Waals surface area contributed by atoms with Crippen LogP contribution in [0.15, 0.2) is 23.1 Å². The molecule has 6 heteroatoms. The topological polar surface area (TPSA) is 38.8 Å². The average molecular weight is 337 g/mol. The molecule has 0 bridgehead atoms. The van der Waals surface area contributed by atoms with Gasteiger partial charge in [0.1, 0.15) is 15.8 Å². The molecule has 1 aliphatic rings. The first kappa shape index (κ1) is 16.8. The van der Waals surface area contributed by atoms with Crippen LogP contribution in [-0.4, -0.2) is 35.9 Å². The molecule has 0 N–H and O–H groups in total. The van der Waals surface area contributed by atoms with E-state index in [1.54, 1.807) is 25.2 Å². The highest BCUT2D eigenvalue weighted by Gasteiger charge is 2.32. The number of methoxy groups -OCH3 is 2. The zero-order chi connectivity index (χ0) is 16.3. The minimum absolute atomic E-state index is 0.0476. The monoisotopic (exact) mass is 337 g/mol. The molecule has 1 amide bonds. The molecule has 4 nitrogen and oxygen atoms in total. The fourth-order valence-electron chi connectivity index (χ4n) is 2.12. The Morgan fingerprint density at radius 1 is 1.32 bits per heavy atom. The summed E-state index contributed by atoms with van der Waals surface area (Å²) in [5, 5.41) is 0. The van der Waals surface area contributed by atoms with Crippen LogP contribution in [0.5, 0.6) is 11.5 Å². The van der Waals surface area contributed by atoms with Gasteiger partial charge in [0, 0.05) is 12.1 Å². The minimum Gasteiger partial charge on any atom is -0.497 e. The maximum Gasteiger partial charge on any atom is 0.266 e. The van der Waals surface area contributed by atoms with Crippen LogP contribution in [0.1, 0.15) is 19.4 Å². The molecule has 1 heterocycles. The minimum atomic E-state index is -0.0476. The van der Waals surface area contributed by atoms with Crippen LogP contribution in [0.25, 0.3) is 6.08 Å². The van der Waals surface area contributed by atoms with Gasteiger partial charge in [-0.1, -0.05) is 37.8 Å². The summed E-state index contributed by atoms with van der Waals surface area (Å²) in [6, 6.07) is 5.48. The first-order chi connectivity index (χ1) is 10.5. The second-order valence-corrected chi connectivity index (χ2v) is 6.97. The Morgan fingerprint density at radius 2 is 2.05 bits per heavy atom. The third-order valence-corrected chi connectivity index (χ3v) is 4.52. The third-order valence-electron chi connectivity index (χ3n) is 3.14. The molecular weight excluding hydrogens is 318 g/mol. The van der Waals surface area contributed by atoms with E-state index in [-0.39, 0.29) is 5.91 Å². The predicted octanol–water partition coefficient (Wildman–Crippen LogP) is 3.56. The highest BCUT2D eigenvalue weighted by atomic mass is 32.2. The van der Waals surface area contributed by atoms with Gasteiger partial charge in [-0.05, 0) is 30.2 Å². The molecule has 2 rings (SSSR count). The number of amides is 1.